The molecule has 0 aliphatic rings. The summed E-state index contributed by atoms with van der Waals surface area (Å²) in [6.45, 7) is 4.16. The Morgan fingerprint density at radius 2 is 1.92 bits per heavy atom. The van der Waals surface area contributed by atoms with E-state index < -0.39 is 0 Å². The molecule has 0 bridgehead atoms. The zero-order valence-corrected chi connectivity index (χ0v) is 9.35. The fourth-order valence-corrected chi connectivity index (χ4v) is 1.23. The molecule has 0 unspecified atom stereocenters. The summed E-state index contributed by atoms with van der Waals surface area (Å²) < 4.78 is 10.2. The van der Waals surface area contributed by atoms with Crippen molar-refractivity contribution in [1.82, 2.24) is 4.90 Å². The third-order valence-corrected chi connectivity index (χ3v) is 1.90. The van der Waals surface area contributed by atoms with E-state index in [-0.39, 0.29) is 0 Å². The zero-order chi connectivity index (χ0) is 9.94. The molecule has 0 fully saturated rings. The molecule has 80 valence electrons. The molecule has 0 aromatic carbocycles. The van der Waals surface area contributed by atoms with E-state index in [0.29, 0.717) is 19.1 Å². The highest BCUT2D eigenvalue weighted by molar-refractivity contribution is 6.18. The Morgan fingerprint density at radius 1 is 1.15 bits per heavy atom. The normalized spacial score (nSPS) is 11.1. The van der Waals surface area contributed by atoms with Gasteiger partial charge in [-0.3, -0.25) is 0 Å². The van der Waals surface area contributed by atoms with E-state index in [1.165, 1.54) is 0 Å². The van der Waals surface area contributed by atoms with Crippen molar-refractivity contribution in [2.24, 2.45) is 0 Å². The van der Waals surface area contributed by atoms with Crippen molar-refractivity contribution in [3.8, 4) is 0 Å². The van der Waals surface area contributed by atoms with Crippen LogP contribution >= 0.6 is 11.6 Å². The summed E-state index contributed by atoms with van der Waals surface area (Å²) in [7, 11) is 3.75. The Kier molecular flexibility index (Phi) is 10.4. The lowest BCUT2D eigenvalue weighted by Gasteiger charge is -2.14. The lowest BCUT2D eigenvalue weighted by Crippen LogP contribution is -2.23. The zero-order valence-electron chi connectivity index (χ0n) is 8.59. The first-order valence-corrected chi connectivity index (χ1v) is 5.16. The van der Waals surface area contributed by atoms with Crippen LogP contribution in [0.15, 0.2) is 0 Å². The van der Waals surface area contributed by atoms with Crippen molar-refractivity contribution in [3.63, 3.8) is 0 Å². The van der Waals surface area contributed by atoms with Crippen LogP contribution in [0.2, 0.25) is 0 Å². The third-order valence-electron chi connectivity index (χ3n) is 1.73. The summed E-state index contributed by atoms with van der Waals surface area (Å²) in [4.78, 5) is 2.20. The molecular weight excluding hydrogens is 190 g/mol. The van der Waals surface area contributed by atoms with Crippen LogP contribution in [0.5, 0.6) is 0 Å². The summed E-state index contributed by atoms with van der Waals surface area (Å²) in [5.74, 6) is 0.695. The number of alkyl halides is 1. The summed E-state index contributed by atoms with van der Waals surface area (Å²) in [6.07, 6.45) is 1.05. The van der Waals surface area contributed by atoms with Gasteiger partial charge in [0.1, 0.15) is 0 Å². The maximum Gasteiger partial charge on any atom is 0.0700 e. The Bertz CT molecular complexity index is 104. The Hall–Kier alpha value is 0.170. The Labute approximate surface area is 85.9 Å². The third kappa shape index (κ3) is 10.1. The largest absolute Gasteiger partial charge is 0.382 e. The number of ether oxygens (including phenoxy) is 2. The van der Waals surface area contributed by atoms with Crippen LogP contribution in [0.25, 0.3) is 0 Å². The average Bonchev–Trinajstić information content (AvgIpc) is 2.11. The van der Waals surface area contributed by atoms with Gasteiger partial charge in [-0.15, -0.1) is 11.6 Å². The van der Waals surface area contributed by atoms with Crippen LogP contribution in [0.3, 0.4) is 0 Å². The quantitative estimate of drug-likeness (QED) is 0.421. The smallest absolute Gasteiger partial charge is 0.0700 e. The SMILES string of the molecule is COCCOCCCN(C)CCCl. The highest BCUT2D eigenvalue weighted by atomic mass is 35.5. The molecule has 0 N–H and O–H groups in total. The molecule has 0 radical (unpaired) electrons. The van der Waals surface area contributed by atoms with E-state index in [2.05, 4.69) is 11.9 Å². The van der Waals surface area contributed by atoms with Gasteiger partial charge in [0.05, 0.1) is 13.2 Å². The molecule has 0 saturated carbocycles. The molecule has 0 heterocycles. The number of hydrogen-bond donors (Lipinski definition) is 0. The van der Waals surface area contributed by atoms with E-state index in [9.17, 15) is 0 Å². The molecule has 0 aromatic heterocycles. The predicted molar refractivity (Wildman–Crippen MR) is 55.5 cm³/mol. The van der Waals surface area contributed by atoms with Gasteiger partial charge in [0.2, 0.25) is 0 Å². The van der Waals surface area contributed by atoms with Gasteiger partial charge in [-0.05, 0) is 13.5 Å². The van der Waals surface area contributed by atoms with Crippen LogP contribution in [0.1, 0.15) is 6.42 Å². The summed E-state index contributed by atoms with van der Waals surface area (Å²) in [6, 6.07) is 0. The highest BCUT2D eigenvalue weighted by Crippen LogP contribution is 1.89. The lowest BCUT2D eigenvalue weighted by molar-refractivity contribution is 0.0665. The topological polar surface area (TPSA) is 21.7 Å². The molecule has 0 rings (SSSR count). The van der Waals surface area contributed by atoms with Gasteiger partial charge in [-0.2, -0.15) is 0 Å². The van der Waals surface area contributed by atoms with E-state index in [0.717, 1.165) is 26.1 Å². The summed E-state index contributed by atoms with van der Waals surface area (Å²) >= 11 is 5.59. The maximum absolute atomic E-state index is 5.59. The van der Waals surface area contributed by atoms with Crippen LogP contribution in [0.4, 0.5) is 0 Å². The number of methoxy groups -OCH3 is 1. The molecule has 0 aliphatic heterocycles. The molecule has 0 saturated heterocycles. The van der Waals surface area contributed by atoms with Gasteiger partial charge in [0.25, 0.3) is 0 Å². The van der Waals surface area contributed by atoms with Crippen molar-refractivity contribution in [2.75, 3.05) is 52.9 Å². The van der Waals surface area contributed by atoms with Crippen LogP contribution in [-0.4, -0.2) is 57.8 Å². The van der Waals surface area contributed by atoms with E-state index >= 15 is 0 Å². The van der Waals surface area contributed by atoms with Gasteiger partial charge >= 0.3 is 0 Å². The molecule has 0 aromatic rings. The minimum absolute atomic E-state index is 0.678. The Balaban J connectivity index is 2.97. The second-order valence-corrected chi connectivity index (χ2v) is 3.33. The van der Waals surface area contributed by atoms with Crippen molar-refractivity contribution >= 4 is 11.6 Å². The monoisotopic (exact) mass is 209 g/mol. The maximum atomic E-state index is 5.59. The first-order chi connectivity index (χ1) is 6.31. The van der Waals surface area contributed by atoms with Crippen molar-refractivity contribution in [3.05, 3.63) is 0 Å². The van der Waals surface area contributed by atoms with E-state index in [1.807, 2.05) is 0 Å². The first kappa shape index (κ1) is 13.2. The van der Waals surface area contributed by atoms with Gasteiger partial charge < -0.3 is 14.4 Å². The van der Waals surface area contributed by atoms with Gasteiger partial charge in [-0.1, -0.05) is 0 Å². The second-order valence-electron chi connectivity index (χ2n) is 2.95. The minimum Gasteiger partial charge on any atom is -0.382 e. The number of hydrogen-bond acceptors (Lipinski definition) is 3. The first-order valence-electron chi connectivity index (χ1n) is 4.62. The summed E-state index contributed by atoms with van der Waals surface area (Å²) in [5.41, 5.74) is 0. The second kappa shape index (κ2) is 10.3. The molecule has 0 amide bonds. The van der Waals surface area contributed by atoms with E-state index in [4.69, 9.17) is 21.1 Å². The standard InChI is InChI=1S/C9H20ClNO2/c1-11(6-4-10)5-3-7-13-9-8-12-2/h3-9H2,1-2H3. The average molecular weight is 210 g/mol. The van der Waals surface area contributed by atoms with Crippen LogP contribution < -0.4 is 0 Å². The van der Waals surface area contributed by atoms with Crippen molar-refractivity contribution in [2.45, 2.75) is 6.42 Å². The van der Waals surface area contributed by atoms with Crippen LogP contribution in [-0.2, 0) is 9.47 Å². The fourth-order valence-electron chi connectivity index (χ4n) is 0.937. The van der Waals surface area contributed by atoms with Crippen LogP contribution in [0, 0.1) is 0 Å². The van der Waals surface area contributed by atoms with Crippen molar-refractivity contribution < 1.29 is 9.47 Å². The highest BCUT2D eigenvalue weighted by Gasteiger charge is 1.96. The Morgan fingerprint density at radius 3 is 2.54 bits per heavy atom. The number of nitrogens with zero attached hydrogens (tertiary/aromatic N) is 1. The lowest BCUT2D eigenvalue weighted by atomic mass is 10.4. The van der Waals surface area contributed by atoms with Gasteiger partial charge in [0.15, 0.2) is 0 Å². The molecule has 4 heteroatoms. The number of rotatable bonds is 9. The summed E-state index contributed by atoms with van der Waals surface area (Å²) in [5, 5.41) is 0. The molecule has 13 heavy (non-hydrogen) atoms. The molecule has 3 nitrogen and oxygen atoms in total. The molecular formula is C9H20ClNO2. The molecule has 0 spiro atoms. The van der Waals surface area contributed by atoms with Gasteiger partial charge in [-0.25, -0.2) is 0 Å². The number of halogens is 1. The molecule has 0 aliphatic carbocycles. The fraction of sp³-hybridized carbons (Fsp3) is 1.00. The van der Waals surface area contributed by atoms with E-state index in [1.54, 1.807) is 7.11 Å². The molecule has 0 atom stereocenters. The van der Waals surface area contributed by atoms with Gasteiger partial charge in [0, 0.05) is 32.7 Å². The minimum atomic E-state index is 0.678. The van der Waals surface area contributed by atoms with Crippen molar-refractivity contribution in [1.29, 1.82) is 0 Å². The predicted octanol–water partition coefficient (Wildman–Crippen LogP) is 1.21.